The van der Waals surface area contributed by atoms with Crippen LogP contribution < -0.4 is 5.73 Å². The second kappa shape index (κ2) is 9.09. The van der Waals surface area contributed by atoms with Gasteiger partial charge in [0.25, 0.3) is 0 Å². The van der Waals surface area contributed by atoms with Crippen molar-refractivity contribution < 1.29 is 14.0 Å². The smallest absolute Gasteiger partial charge is 0.248 e. The summed E-state index contributed by atoms with van der Waals surface area (Å²) >= 11 is 1.55. The topological polar surface area (TPSA) is 102 Å². The second-order valence-corrected chi connectivity index (χ2v) is 6.81. The number of carbonyl (C=O) groups excluding carboxylic acids is 2. The van der Waals surface area contributed by atoms with E-state index in [-0.39, 0.29) is 25.3 Å². The third kappa shape index (κ3) is 5.49. The van der Waals surface area contributed by atoms with E-state index < -0.39 is 5.91 Å². The SMILES string of the molecule is NC(=O)CCN(Cc1ccccc1)C(=O)CCc1nnc(-c2ccsc2)o1. The van der Waals surface area contributed by atoms with Gasteiger partial charge >= 0.3 is 0 Å². The second-order valence-electron chi connectivity index (χ2n) is 6.03. The third-order valence-corrected chi connectivity index (χ3v) is 4.67. The summed E-state index contributed by atoms with van der Waals surface area (Å²) in [4.78, 5) is 25.4. The summed E-state index contributed by atoms with van der Waals surface area (Å²) < 4.78 is 5.61. The Hall–Kier alpha value is -3.00. The molecule has 2 heterocycles. The van der Waals surface area contributed by atoms with Gasteiger partial charge in [-0.15, -0.1) is 10.2 Å². The zero-order chi connectivity index (χ0) is 19.1. The van der Waals surface area contributed by atoms with Crippen molar-refractivity contribution in [2.75, 3.05) is 6.54 Å². The molecule has 0 aliphatic heterocycles. The fourth-order valence-electron chi connectivity index (χ4n) is 2.57. The van der Waals surface area contributed by atoms with Gasteiger partial charge in [0.05, 0.1) is 0 Å². The monoisotopic (exact) mass is 384 g/mol. The third-order valence-electron chi connectivity index (χ3n) is 3.98. The molecule has 0 fully saturated rings. The van der Waals surface area contributed by atoms with Gasteiger partial charge in [-0.25, -0.2) is 0 Å². The first kappa shape index (κ1) is 18.8. The highest BCUT2D eigenvalue weighted by Gasteiger charge is 2.17. The van der Waals surface area contributed by atoms with Crippen molar-refractivity contribution in [3.63, 3.8) is 0 Å². The minimum Gasteiger partial charge on any atom is -0.421 e. The molecule has 0 saturated carbocycles. The molecule has 0 atom stereocenters. The summed E-state index contributed by atoms with van der Waals surface area (Å²) in [6, 6.07) is 11.5. The number of nitrogens with zero attached hydrogens (tertiary/aromatic N) is 3. The van der Waals surface area contributed by atoms with E-state index in [0.29, 0.717) is 24.7 Å². The highest BCUT2D eigenvalue weighted by Crippen LogP contribution is 2.21. The van der Waals surface area contributed by atoms with Gasteiger partial charge in [-0.3, -0.25) is 9.59 Å². The van der Waals surface area contributed by atoms with Crippen molar-refractivity contribution in [1.82, 2.24) is 15.1 Å². The van der Waals surface area contributed by atoms with Crippen molar-refractivity contribution >= 4 is 23.2 Å². The number of carbonyl (C=O) groups is 2. The number of hydrogen-bond donors (Lipinski definition) is 1. The Bertz CT molecular complexity index is 878. The van der Waals surface area contributed by atoms with Crippen LogP contribution in [0.4, 0.5) is 0 Å². The first-order valence-electron chi connectivity index (χ1n) is 8.57. The first-order chi connectivity index (χ1) is 13.1. The van der Waals surface area contributed by atoms with Crippen molar-refractivity contribution in [2.45, 2.75) is 25.8 Å². The molecule has 0 unspecified atom stereocenters. The molecule has 0 saturated heterocycles. The van der Waals surface area contributed by atoms with Gasteiger partial charge in [0, 0.05) is 43.3 Å². The molecule has 0 aliphatic carbocycles. The number of aromatic nitrogens is 2. The Balaban J connectivity index is 1.60. The minimum absolute atomic E-state index is 0.0876. The van der Waals surface area contributed by atoms with Gasteiger partial charge in [0.15, 0.2) is 0 Å². The van der Waals surface area contributed by atoms with Crippen LogP contribution >= 0.6 is 11.3 Å². The fraction of sp³-hybridized carbons (Fsp3) is 0.263. The molecule has 1 aromatic carbocycles. The van der Waals surface area contributed by atoms with E-state index in [4.69, 9.17) is 10.2 Å². The molecular weight excluding hydrogens is 364 g/mol. The lowest BCUT2D eigenvalue weighted by Crippen LogP contribution is -2.33. The number of nitrogens with two attached hydrogens (primary N) is 1. The molecule has 7 nitrogen and oxygen atoms in total. The molecule has 0 radical (unpaired) electrons. The highest BCUT2D eigenvalue weighted by atomic mass is 32.1. The predicted molar refractivity (Wildman–Crippen MR) is 102 cm³/mol. The summed E-state index contributed by atoms with van der Waals surface area (Å²) in [5.41, 5.74) is 7.10. The van der Waals surface area contributed by atoms with Crippen molar-refractivity contribution in [3.8, 4) is 11.5 Å². The molecule has 2 amide bonds. The molecule has 2 N–H and O–H groups in total. The summed E-state index contributed by atoms with van der Waals surface area (Å²) in [5, 5.41) is 11.9. The van der Waals surface area contributed by atoms with Crippen molar-refractivity contribution in [2.24, 2.45) is 5.73 Å². The van der Waals surface area contributed by atoms with Crippen LogP contribution in [0.3, 0.4) is 0 Å². The lowest BCUT2D eigenvalue weighted by atomic mass is 10.2. The summed E-state index contributed by atoms with van der Waals surface area (Å²) in [7, 11) is 0. The minimum atomic E-state index is -0.432. The number of primary amides is 1. The molecule has 0 spiro atoms. The maximum Gasteiger partial charge on any atom is 0.248 e. The van der Waals surface area contributed by atoms with Crippen LogP contribution in [0.15, 0.2) is 51.6 Å². The Kier molecular flexibility index (Phi) is 6.32. The van der Waals surface area contributed by atoms with Gasteiger partial charge in [-0.05, 0) is 17.0 Å². The zero-order valence-corrected chi connectivity index (χ0v) is 15.5. The number of aryl methyl sites for hydroxylation is 1. The molecule has 0 aliphatic rings. The van der Waals surface area contributed by atoms with Crippen LogP contribution in [0.2, 0.25) is 0 Å². The van der Waals surface area contributed by atoms with Gasteiger partial charge < -0.3 is 15.1 Å². The van der Waals surface area contributed by atoms with Crippen LogP contribution in [0.1, 0.15) is 24.3 Å². The van der Waals surface area contributed by atoms with Crippen LogP contribution in [-0.2, 0) is 22.6 Å². The largest absolute Gasteiger partial charge is 0.421 e. The molecule has 0 bridgehead atoms. The molecule has 3 rings (SSSR count). The van der Waals surface area contributed by atoms with Crippen molar-refractivity contribution in [3.05, 3.63) is 58.6 Å². The van der Waals surface area contributed by atoms with E-state index in [0.717, 1.165) is 11.1 Å². The number of rotatable bonds is 9. The average molecular weight is 384 g/mol. The maximum absolute atomic E-state index is 12.7. The normalized spacial score (nSPS) is 10.7. The van der Waals surface area contributed by atoms with Crippen LogP contribution in [0.5, 0.6) is 0 Å². The Morgan fingerprint density at radius 1 is 1.11 bits per heavy atom. The first-order valence-corrected chi connectivity index (χ1v) is 9.51. The fourth-order valence-corrected chi connectivity index (χ4v) is 3.20. The lowest BCUT2D eigenvalue weighted by Gasteiger charge is -2.22. The van der Waals surface area contributed by atoms with E-state index in [2.05, 4.69) is 10.2 Å². The summed E-state index contributed by atoms with van der Waals surface area (Å²) in [6.07, 6.45) is 0.691. The summed E-state index contributed by atoms with van der Waals surface area (Å²) in [5.74, 6) is 0.348. The van der Waals surface area contributed by atoms with Gasteiger partial charge in [0.1, 0.15) is 0 Å². The van der Waals surface area contributed by atoms with Crippen LogP contribution in [-0.4, -0.2) is 33.5 Å². The molecule has 3 aromatic rings. The number of hydrogen-bond acceptors (Lipinski definition) is 6. The number of benzene rings is 1. The standard InChI is InChI=1S/C19H20N4O3S/c20-16(24)8-10-23(12-14-4-2-1-3-5-14)18(25)7-6-17-21-22-19(26-17)15-9-11-27-13-15/h1-5,9,11,13H,6-8,10,12H2,(H2,20,24). The summed E-state index contributed by atoms with van der Waals surface area (Å²) in [6.45, 7) is 0.712. The molecule has 27 heavy (non-hydrogen) atoms. The van der Waals surface area contributed by atoms with Gasteiger partial charge in [0.2, 0.25) is 23.6 Å². The van der Waals surface area contributed by atoms with Crippen LogP contribution in [0, 0.1) is 0 Å². The van der Waals surface area contributed by atoms with E-state index >= 15 is 0 Å². The molecule has 2 aromatic heterocycles. The molecule has 8 heteroatoms. The number of amides is 2. The maximum atomic E-state index is 12.7. The quantitative estimate of drug-likeness (QED) is 0.611. The Morgan fingerprint density at radius 3 is 2.63 bits per heavy atom. The van der Waals surface area contributed by atoms with E-state index in [1.165, 1.54) is 0 Å². The molecule has 140 valence electrons. The van der Waals surface area contributed by atoms with Gasteiger partial charge in [-0.1, -0.05) is 30.3 Å². The van der Waals surface area contributed by atoms with Crippen molar-refractivity contribution in [1.29, 1.82) is 0 Å². The average Bonchev–Trinajstić information content (AvgIpc) is 3.35. The number of thiophene rings is 1. The highest BCUT2D eigenvalue weighted by molar-refractivity contribution is 7.08. The van der Waals surface area contributed by atoms with E-state index in [1.54, 1.807) is 16.2 Å². The van der Waals surface area contributed by atoms with Crippen LogP contribution in [0.25, 0.3) is 11.5 Å². The lowest BCUT2D eigenvalue weighted by molar-refractivity contribution is -0.132. The predicted octanol–water partition coefficient (Wildman–Crippen LogP) is 2.63. The zero-order valence-electron chi connectivity index (χ0n) is 14.7. The Morgan fingerprint density at radius 2 is 1.93 bits per heavy atom. The van der Waals surface area contributed by atoms with E-state index in [9.17, 15) is 9.59 Å². The van der Waals surface area contributed by atoms with Gasteiger partial charge in [-0.2, -0.15) is 11.3 Å². The Labute approximate surface area is 160 Å². The molecular formula is C19H20N4O3S. The van der Waals surface area contributed by atoms with E-state index in [1.807, 2.05) is 47.2 Å².